The molecule has 22 heavy (non-hydrogen) atoms. The van der Waals surface area contributed by atoms with Gasteiger partial charge in [0.05, 0.1) is 31.0 Å². The van der Waals surface area contributed by atoms with Crippen LogP contribution in [0.25, 0.3) is 0 Å². The van der Waals surface area contributed by atoms with Gasteiger partial charge < -0.3 is 29.5 Å². The van der Waals surface area contributed by atoms with Gasteiger partial charge in [-0.25, -0.2) is 0 Å². The first-order valence-electron chi connectivity index (χ1n) is 6.68. The normalized spacial score (nSPS) is 35.6. The molecule has 3 N–H and O–H groups in total. The van der Waals surface area contributed by atoms with Crippen LogP contribution in [-0.4, -0.2) is 65.8 Å². The van der Waals surface area contributed by atoms with Crippen LogP contribution < -0.4 is 0 Å². The van der Waals surface area contributed by atoms with Gasteiger partial charge >= 0.3 is 0 Å². The Kier molecular flexibility index (Phi) is 13.7. The third-order valence-electron chi connectivity index (χ3n) is 3.63. The first-order chi connectivity index (χ1) is 8.85. The van der Waals surface area contributed by atoms with Crippen molar-refractivity contribution < 1.29 is 29.5 Å². The fraction of sp³-hybridized carbons (Fsp3) is 1.00. The predicted molar refractivity (Wildman–Crippen MR) is 88.8 cm³/mol. The summed E-state index contributed by atoms with van der Waals surface area (Å²) in [6.07, 6.45) is -2.79. The number of aliphatic hydroxyl groups is 3. The number of hydrogen-bond acceptors (Lipinski definition) is 6. The van der Waals surface area contributed by atoms with E-state index < -0.39 is 30.2 Å². The van der Waals surface area contributed by atoms with Crippen molar-refractivity contribution in [3.63, 3.8) is 0 Å². The number of methoxy groups -OCH3 is 1. The van der Waals surface area contributed by atoms with Crippen LogP contribution in [-0.2, 0) is 14.2 Å². The minimum atomic E-state index is -1.07. The van der Waals surface area contributed by atoms with E-state index in [0.717, 1.165) is 0 Å². The summed E-state index contributed by atoms with van der Waals surface area (Å²) in [5.41, 5.74) is -0.761. The molecule has 1 aliphatic heterocycles. The second-order valence-electron chi connectivity index (χ2n) is 5.39. The molecule has 0 radical (unpaired) electrons. The molecule has 0 spiro atoms. The highest BCUT2D eigenvalue weighted by Gasteiger charge is 2.50. The van der Waals surface area contributed by atoms with Crippen LogP contribution in [0.5, 0.6) is 0 Å². The Hall–Kier alpha value is -0.240. The average Bonchev–Trinajstić information content (AvgIpc) is 2.34. The van der Waals surface area contributed by atoms with Crippen molar-refractivity contribution in [2.75, 3.05) is 20.3 Å². The molecule has 0 amide bonds. The number of ether oxygens (including phenoxy) is 3. The van der Waals surface area contributed by atoms with Crippen molar-refractivity contribution in [1.29, 1.82) is 0 Å². The standard InChI is InChI=1S/C13H26O6.3CH4/c1-5-9-10(15)11(16)12(17-4)19-13(9,3)7-18-6-8(2)14;;;/h8-12,14-16H,5-7H2,1-4H3;3*1H4. The Morgan fingerprint density at radius 2 is 1.73 bits per heavy atom. The molecule has 6 nitrogen and oxygen atoms in total. The summed E-state index contributed by atoms with van der Waals surface area (Å²) < 4.78 is 16.2. The molecule has 0 bridgehead atoms. The van der Waals surface area contributed by atoms with Gasteiger partial charge in [-0.15, -0.1) is 0 Å². The van der Waals surface area contributed by atoms with Crippen LogP contribution in [0.4, 0.5) is 0 Å². The zero-order valence-corrected chi connectivity index (χ0v) is 12.1. The molecule has 1 aliphatic rings. The predicted octanol–water partition coefficient (Wildman–Crippen LogP) is 1.80. The molecule has 6 unspecified atom stereocenters. The second kappa shape index (κ2) is 11.3. The summed E-state index contributed by atoms with van der Waals surface area (Å²) in [7, 11) is 1.42. The minimum Gasteiger partial charge on any atom is -0.391 e. The molecule has 6 atom stereocenters. The maximum Gasteiger partial charge on any atom is 0.186 e. The van der Waals surface area contributed by atoms with Gasteiger partial charge in [0.15, 0.2) is 6.29 Å². The maximum absolute atomic E-state index is 10.2. The molecule has 138 valence electrons. The minimum absolute atomic E-state index is 0. The Bertz CT molecular complexity index is 273. The third-order valence-corrected chi connectivity index (χ3v) is 3.63. The van der Waals surface area contributed by atoms with Gasteiger partial charge in [0, 0.05) is 13.0 Å². The summed E-state index contributed by atoms with van der Waals surface area (Å²) in [4.78, 5) is 0. The highest BCUT2D eigenvalue weighted by atomic mass is 16.7. The monoisotopic (exact) mass is 326 g/mol. The summed E-state index contributed by atoms with van der Waals surface area (Å²) >= 11 is 0. The fourth-order valence-corrected chi connectivity index (χ4v) is 2.62. The van der Waals surface area contributed by atoms with E-state index in [-0.39, 0.29) is 41.4 Å². The van der Waals surface area contributed by atoms with Crippen LogP contribution in [0, 0.1) is 5.92 Å². The van der Waals surface area contributed by atoms with Crippen LogP contribution in [0.3, 0.4) is 0 Å². The molecule has 0 saturated carbocycles. The van der Waals surface area contributed by atoms with Crippen molar-refractivity contribution >= 4 is 0 Å². The SMILES string of the molecule is C.C.C.CCC1C(O)C(O)C(OC)OC1(C)COCC(C)O. The van der Waals surface area contributed by atoms with Gasteiger partial charge in [-0.05, 0) is 20.3 Å². The van der Waals surface area contributed by atoms with Crippen LogP contribution in [0.1, 0.15) is 49.5 Å². The third kappa shape index (κ3) is 6.10. The molecule has 0 aliphatic carbocycles. The quantitative estimate of drug-likeness (QED) is 0.690. The number of hydrogen-bond donors (Lipinski definition) is 3. The zero-order chi connectivity index (χ0) is 14.6. The molecule has 1 rings (SSSR count). The Morgan fingerprint density at radius 1 is 1.18 bits per heavy atom. The van der Waals surface area contributed by atoms with Crippen molar-refractivity contribution in [3.05, 3.63) is 0 Å². The van der Waals surface area contributed by atoms with Crippen molar-refractivity contribution in [2.45, 2.75) is 79.7 Å². The van der Waals surface area contributed by atoms with Gasteiger partial charge in [-0.3, -0.25) is 0 Å². The van der Waals surface area contributed by atoms with Gasteiger partial charge in [-0.2, -0.15) is 0 Å². The fourth-order valence-electron chi connectivity index (χ4n) is 2.62. The van der Waals surface area contributed by atoms with E-state index in [2.05, 4.69) is 0 Å². The lowest BCUT2D eigenvalue weighted by atomic mass is 9.78. The summed E-state index contributed by atoms with van der Waals surface area (Å²) in [5, 5.41) is 29.3. The van der Waals surface area contributed by atoms with E-state index in [1.807, 2.05) is 13.8 Å². The highest BCUT2D eigenvalue weighted by molar-refractivity contribution is 4.96. The van der Waals surface area contributed by atoms with Crippen molar-refractivity contribution in [3.8, 4) is 0 Å². The summed E-state index contributed by atoms with van der Waals surface area (Å²) in [6, 6.07) is 0. The number of rotatable bonds is 6. The molecule has 1 heterocycles. The lowest BCUT2D eigenvalue weighted by Crippen LogP contribution is -2.62. The molecule has 0 aromatic rings. The van der Waals surface area contributed by atoms with Gasteiger partial charge in [-0.1, -0.05) is 29.2 Å². The van der Waals surface area contributed by atoms with Gasteiger partial charge in [0.25, 0.3) is 0 Å². The van der Waals surface area contributed by atoms with Crippen LogP contribution >= 0.6 is 0 Å². The molecule has 0 aromatic carbocycles. The van der Waals surface area contributed by atoms with E-state index >= 15 is 0 Å². The van der Waals surface area contributed by atoms with E-state index in [4.69, 9.17) is 14.2 Å². The molecule has 0 aromatic heterocycles. The molecule has 1 saturated heterocycles. The molecular weight excluding hydrogens is 288 g/mol. The number of aliphatic hydroxyl groups excluding tert-OH is 3. The molecular formula is C16H38O6. The van der Waals surface area contributed by atoms with E-state index in [1.54, 1.807) is 6.92 Å². The molecule has 6 heteroatoms. The Morgan fingerprint density at radius 3 is 2.14 bits per heavy atom. The van der Waals surface area contributed by atoms with Gasteiger partial charge in [0.2, 0.25) is 0 Å². The average molecular weight is 326 g/mol. The largest absolute Gasteiger partial charge is 0.391 e. The van der Waals surface area contributed by atoms with Crippen LogP contribution in [0.2, 0.25) is 0 Å². The smallest absolute Gasteiger partial charge is 0.186 e. The topological polar surface area (TPSA) is 88.4 Å². The highest BCUT2D eigenvalue weighted by Crippen LogP contribution is 2.37. The summed E-state index contributed by atoms with van der Waals surface area (Å²) in [5.74, 6) is -0.261. The van der Waals surface area contributed by atoms with Gasteiger partial charge in [0.1, 0.15) is 6.10 Å². The Labute approximate surface area is 136 Å². The lowest BCUT2D eigenvalue weighted by molar-refractivity contribution is -0.319. The van der Waals surface area contributed by atoms with Crippen molar-refractivity contribution in [1.82, 2.24) is 0 Å². The summed E-state index contributed by atoms with van der Waals surface area (Å²) in [6.45, 7) is 5.80. The van der Waals surface area contributed by atoms with Crippen LogP contribution in [0.15, 0.2) is 0 Å². The second-order valence-corrected chi connectivity index (χ2v) is 5.39. The van der Waals surface area contributed by atoms with Crippen molar-refractivity contribution in [2.24, 2.45) is 5.92 Å². The lowest BCUT2D eigenvalue weighted by Gasteiger charge is -2.48. The maximum atomic E-state index is 10.2. The first-order valence-corrected chi connectivity index (χ1v) is 6.68. The first kappa shape index (κ1) is 26.6. The van der Waals surface area contributed by atoms with E-state index in [0.29, 0.717) is 6.42 Å². The van der Waals surface area contributed by atoms with E-state index in [9.17, 15) is 15.3 Å². The van der Waals surface area contributed by atoms with E-state index in [1.165, 1.54) is 7.11 Å². The molecule has 1 fully saturated rings. The Balaban J connectivity index is -0.00000120. The zero-order valence-electron chi connectivity index (χ0n) is 12.1.